The maximum Gasteiger partial charge on any atom is 0.492 e. The predicted molar refractivity (Wildman–Crippen MR) is 165 cm³/mol. The van der Waals surface area contributed by atoms with Crippen LogP contribution in [0.2, 0.25) is 0 Å². The minimum Gasteiger partial charge on any atom is -0.449 e. The molecule has 0 spiro atoms. The molecule has 1 aliphatic carbocycles. The molecule has 1 fully saturated rings. The number of ether oxygens (including phenoxy) is 1. The first-order chi connectivity index (χ1) is 19.6. The van der Waals surface area contributed by atoms with Gasteiger partial charge in [-0.3, -0.25) is 0 Å². The van der Waals surface area contributed by atoms with E-state index in [1.54, 1.807) is 0 Å². The second kappa shape index (κ2) is 10.4. The van der Waals surface area contributed by atoms with E-state index in [-0.39, 0.29) is 19.1 Å². The lowest BCUT2D eigenvalue weighted by Crippen LogP contribution is -2.41. The Labute approximate surface area is 241 Å². The number of amides is 1. The van der Waals surface area contributed by atoms with Crippen LogP contribution in [0, 0.1) is 0 Å². The summed E-state index contributed by atoms with van der Waals surface area (Å²) in [5.41, 5.74) is 12.4. The van der Waals surface area contributed by atoms with E-state index in [1.807, 2.05) is 94.4 Å². The number of nitrogens with one attached hydrogen (secondary N) is 1. The highest BCUT2D eigenvalue weighted by Gasteiger charge is 2.52. The smallest absolute Gasteiger partial charge is 0.449 e. The Morgan fingerprint density at radius 1 is 0.854 bits per heavy atom. The largest absolute Gasteiger partial charge is 0.492 e. The molecule has 41 heavy (non-hydrogen) atoms. The minimum atomic E-state index is -0.634. The molecule has 4 aromatic rings. The molecule has 6 nitrogen and oxygen atoms in total. The van der Waals surface area contributed by atoms with Crippen LogP contribution in [0.3, 0.4) is 0 Å². The first kappa shape index (κ1) is 27.1. The second-order valence-electron chi connectivity index (χ2n) is 11.8. The molecule has 1 saturated heterocycles. The van der Waals surface area contributed by atoms with Crippen LogP contribution in [0.1, 0.15) is 50.3 Å². The van der Waals surface area contributed by atoms with Crippen LogP contribution < -0.4 is 11.1 Å². The summed E-state index contributed by atoms with van der Waals surface area (Å²) in [5.74, 6) is -0.00704. The van der Waals surface area contributed by atoms with Crippen LogP contribution in [-0.4, -0.2) is 37.6 Å². The third-order valence-electron chi connectivity index (χ3n) is 8.67. The van der Waals surface area contributed by atoms with E-state index in [1.165, 1.54) is 22.3 Å². The zero-order chi connectivity index (χ0) is 28.8. The maximum atomic E-state index is 13.0. The molecule has 3 N–H and O–H groups in total. The van der Waals surface area contributed by atoms with Gasteiger partial charge in [0.2, 0.25) is 0 Å². The molecule has 7 heteroatoms. The Morgan fingerprint density at radius 3 is 2.10 bits per heavy atom. The molecule has 1 amide bonds. The number of benzene rings is 4. The van der Waals surface area contributed by atoms with E-state index >= 15 is 0 Å². The van der Waals surface area contributed by atoms with Gasteiger partial charge in [-0.25, -0.2) is 4.79 Å². The summed E-state index contributed by atoms with van der Waals surface area (Å²) in [6.45, 7) is 8.51. The first-order valence-electron chi connectivity index (χ1n) is 14.1. The predicted octanol–water partition coefficient (Wildman–Crippen LogP) is 6.98. The SMILES string of the molecule is CC1(C)OB(C(=Cc2cccc3c(N)cccc23)CNC(=O)OCC2c3ccccc3-c3ccccc32)OC1(C)C. The quantitative estimate of drug-likeness (QED) is 0.202. The van der Waals surface area contributed by atoms with Crippen molar-refractivity contribution >= 4 is 35.7 Å². The second-order valence-corrected chi connectivity index (χ2v) is 11.8. The number of carbonyl (C=O) groups is 1. The number of carbonyl (C=O) groups excluding carboxylic acids is 1. The molecule has 0 atom stereocenters. The number of anilines is 1. The van der Waals surface area contributed by atoms with Crippen molar-refractivity contribution in [3.63, 3.8) is 0 Å². The zero-order valence-electron chi connectivity index (χ0n) is 23.9. The topological polar surface area (TPSA) is 82.8 Å². The summed E-state index contributed by atoms with van der Waals surface area (Å²) in [5, 5.41) is 4.94. The van der Waals surface area contributed by atoms with Crippen molar-refractivity contribution < 1.29 is 18.8 Å². The third-order valence-corrected chi connectivity index (χ3v) is 8.67. The van der Waals surface area contributed by atoms with Gasteiger partial charge in [0.1, 0.15) is 6.61 Å². The Kier molecular flexibility index (Phi) is 6.88. The van der Waals surface area contributed by atoms with Gasteiger partial charge in [-0.1, -0.05) is 84.9 Å². The highest BCUT2D eigenvalue weighted by atomic mass is 16.7. The molecule has 0 aromatic heterocycles. The average molecular weight is 546 g/mol. The molecule has 0 saturated carbocycles. The summed E-state index contributed by atoms with van der Waals surface area (Å²) >= 11 is 0. The molecule has 2 aliphatic rings. The summed E-state index contributed by atoms with van der Waals surface area (Å²) in [4.78, 5) is 13.0. The van der Waals surface area contributed by atoms with Crippen molar-refractivity contribution in [2.75, 3.05) is 18.9 Å². The fourth-order valence-corrected chi connectivity index (χ4v) is 5.70. The molecular formula is C34H35BN2O4. The highest BCUT2D eigenvalue weighted by Crippen LogP contribution is 2.44. The van der Waals surface area contributed by atoms with Gasteiger partial charge >= 0.3 is 13.2 Å². The summed E-state index contributed by atoms with van der Waals surface area (Å²) < 4.78 is 18.6. The maximum absolute atomic E-state index is 13.0. The van der Waals surface area contributed by atoms with Gasteiger partial charge in [-0.15, -0.1) is 0 Å². The molecule has 1 aliphatic heterocycles. The van der Waals surface area contributed by atoms with E-state index < -0.39 is 24.4 Å². The Hall–Kier alpha value is -4.07. The van der Waals surface area contributed by atoms with E-state index in [4.69, 9.17) is 19.8 Å². The number of alkyl carbamates (subject to hydrolysis) is 1. The average Bonchev–Trinajstić information content (AvgIpc) is 3.39. The molecule has 0 radical (unpaired) electrons. The molecule has 0 unspecified atom stereocenters. The van der Waals surface area contributed by atoms with Crippen molar-refractivity contribution in [2.45, 2.75) is 44.8 Å². The summed E-state index contributed by atoms with van der Waals surface area (Å²) in [6, 6.07) is 28.5. The number of nitrogens with two attached hydrogens (primary N) is 1. The van der Waals surface area contributed by atoms with Crippen LogP contribution in [0.4, 0.5) is 10.5 Å². The Balaban J connectivity index is 1.22. The standard InChI is InChI=1S/C34H35BN2O4/c1-33(2)34(3,4)41-35(40-33)23(19-22-11-9-17-29-24(22)16-10-18-31(29)36)20-37-32(38)39-21-30-27-14-7-5-12-25(27)26-13-6-8-15-28(26)30/h5-19,30H,20-21,36H2,1-4H3,(H,37,38). The van der Waals surface area contributed by atoms with Crippen LogP contribution in [-0.2, 0) is 14.0 Å². The van der Waals surface area contributed by atoms with Crippen LogP contribution in [0.5, 0.6) is 0 Å². The molecule has 1 heterocycles. The normalized spacial score (nSPS) is 17.4. The van der Waals surface area contributed by atoms with Crippen LogP contribution >= 0.6 is 0 Å². The summed E-state index contributed by atoms with van der Waals surface area (Å²) in [6.07, 6.45) is 1.53. The van der Waals surface area contributed by atoms with Crippen LogP contribution in [0.25, 0.3) is 28.0 Å². The monoisotopic (exact) mass is 546 g/mol. The fraction of sp³-hybridized carbons (Fsp3) is 0.265. The Morgan fingerprint density at radius 2 is 1.44 bits per heavy atom. The van der Waals surface area contributed by atoms with Crippen LogP contribution in [0.15, 0.2) is 90.4 Å². The summed E-state index contributed by atoms with van der Waals surface area (Å²) in [7, 11) is -0.634. The van der Waals surface area contributed by atoms with Gasteiger partial charge in [0.15, 0.2) is 0 Å². The molecule has 6 rings (SSSR count). The van der Waals surface area contributed by atoms with E-state index in [9.17, 15) is 4.79 Å². The Bertz CT molecular complexity index is 1600. The van der Waals surface area contributed by atoms with Crippen molar-refractivity contribution in [1.29, 1.82) is 0 Å². The number of rotatable bonds is 6. The number of hydrogen-bond donors (Lipinski definition) is 2. The number of fused-ring (bicyclic) bond motifs is 4. The molecule has 208 valence electrons. The van der Waals surface area contributed by atoms with Gasteiger partial charge in [0, 0.05) is 23.5 Å². The van der Waals surface area contributed by atoms with Crippen molar-refractivity contribution in [2.24, 2.45) is 0 Å². The van der Waals surface area contributed by atoms with Gasteiger partial charge in [-0.2, -0.15) is 0 Å². The van der Waals surface area contributed by atoms with E-state index in [0.29, 0.717) is 5.69 Å². The van der Waals surface area contributed by atoms with E-state index in [0.717, 1.165) is 21.8 Å². The zero-order valence-corrected chi connectivity index (χ0v) is 23.9. The van der Waals surface area contributed by atoms with E-state index in [2.05, 4.69) is 29.6 Å². The lowest BCUT2D eigenvalue weighted by molar-refractivity contribution is 0.00578. The molecular weight excluding hydrogens is 511 g/mol. The van der Waals surface area contributed by atoms with Gasteiger partial charge in [0.25, 0.3) is 0 Å². The van der Waals surface area contributed by atoms with Gasteiger partial charge < -0.3 is 25.1 Å². The van der Waals surface area contributed by atoms with Gasteiger partial charge in [-0.05, 0) is 72.4 Å². The lowest BCUT2D eigenvalue weighted by Gasteiger charge is -2.32. The third kappa shape index (κ3) is 5.00. The number of hydrogen-bond acceptors (Lipinski definition) is 5. The number of nitrogen functional groups attached to an aromatic ring is 1. The lowest BCUT2D eigenvalue weighted by atomic mass is 9.76. The van der Waals surface area contributed by atoms with Gasteiger partial charge in [0.05, 0.1) is 11.2 Å². The fourth-order valence-electron chi connectivity index (χ4n) is 5.70. The van der Waals surface area contributed by atoms with Crippen molar-refractivity contribution in [3.05, 3.63) is 107 Å². The van der Waals surface area contributed by atoms with Crippen molar-refractivity contribution in [1.82, 2.24) is 5.32 Å². The van der Waals surface area contributed by atoms with Crippen molar-refractivity contribution in [3.8, 4) is 11.1 Å². The molecule has 4 aromatic carbocycles. The first-order valence-corrected chi connectivity index (χ1v) is 14.1. The highest BCUT2D eigenvalue weighted by molar-refractivity contribution is 6.56. The molecule has 0 bridgehead atoms. The minimum absolute atomic E-state index is 0.00704.